The Bertz CT molecular complexity index is 62.5. The van der Waals surface area contributed by atoms with Crippen LogP contribution in [0.25, 0.3) is 0 Å². The van der Waals surface area contributed by atoms with Gasteiger partial charge in [0.15, 0.2) is 0 Å². The first-order chi connectivity index (χ1) is 3.35. The molecule has 0 fully saturated rings. The third-order valence-electron chi connectivity index (χ3n) is 0.716. The number of ether oxygens (including phenoxy) is 1. The second-order valence-electron chi connectivity index (χ2n) is 1.09. The number of hydrogen-bond donors (Lipinski definition) is 0. The van der Waals surface area contributed by atoms with Crippen molar-refractivity contribution in [3.8, 4) is 0 Å². The minimum atomic E-state index is 0.806. The Hall–Kier alpha value is 0.0200. The third kappa shape index (κ3) is 2.68. The molecule has 0 heterocycles. The van der Waals surface area contributed by atoms with Crippen molar-refractivity contribution in [1.82, 2.24) is 0 Å². The Balaban J connectivity index is 3.38. The van der Waals surface area contributed by atoms with Crippen molar-refractivity contribution >= 4 is 15.9 Å². The van der Waals surface area contributed by atoms with E-state index in [1.54, 1.807) is 7.11 Å². The number of hydrogen-bond acceptors (Lipinski definition) is 1. The molecule has 42 valence electrons. The fourth-order valence-electron chi connectivity index (χ4n) is 0.250. The van der Waals surface area contributed by atoms with Crippen molar-refractivity contribution in [3.05, 3.63) is 11.8 Å². The van der Waals surface area contributed by atoms with Crippen LogP contribution in [0, 0.1) is 0 Å². The van der Waals surface area contributed by atoms with Crippen molar-refractivity contribution in [2.75, 3.05) is 12.4 Å². The highest BCUT2D eigenvalue weighted by Crippen LogP contribution is 1.97. The molecule has 0 unspecified atom stereocenters. The average Bonchev–Trinajstić information content (AvgIpc) is 1.72. The summed E-state index contributed by atoms with van der Waals surface area (Å²) in [4.78, 5) is 0. The van der Waals surface area contributed by atoms with Crippen LogP contribution in [0.3, 0.4) is 0 Å². The van der Waals surface area contributed by atoms with Crippen LogP contribution in [-0.2, 0) is 4.74 Å². The number of rotatable bonds is 2. The Morgan fingerprint density at radius 3 is 2.43 bits per heavy atom. The van der Waals surface area contributed by atoms with E-state index in [1.807, 2.05) is 13.0 Å². The Morgan fingerprint density at radius 2 is 2.43 bits per heavy atom. The number of alkyl halides is 1. The van der Waals surface area contributed by atoms with Gasteiger partial charge in [-0.1, -0.05) is 15.9 Å². The fourth-order valence-corrected chi connectivity index (χ4v) is 0.802. The zero-order chi connectivity index (χ0) is 5.70. The summed E-state index contributed by atoms with van der Waals surface area (Å²) in [5, 5.41) is 0.806. The average molecular weight is 165 g/mol. The summed E-state index contributed by atoms with van der Waals surface area (Å²) in [5.41, 5.74) is 0. The third-order valence-corrected chi connectivity index (χ3v) is 1.27. The molecule has 0 aliphatic heterocycles. The molecule has 0 bridgehead atoms. The highest BCUT2D eigenvalue weighted by atomic mass is 79.9. The maximum Gasteiger partial charge on any atom is 0.102 e. The molecular weight excluding hydrogens is 156 g/mol. The molecule has 0 aromatic heterocycles. The summed E-state index contributed by atoms with van der Waals surface area (Å²) in [7, 11) is 1.66. The van der Waals surface area contributed by atoms with E-state index >= 15 is 0 Å². The van der Waals surface area contributed by atoms with Crippen molar-refractivity contribution in [2.45, 2.75) is 6.92 Å². The van der Waals surface area contributed by atoms with Crippen LogP contribution < -0.4 is 0 Å². The van der Waals surface area contributed by atoms with E-state index in [1.165, 1.54) is 0 Å². The van der Waals surface area contributed by atoms with Crippen molar-refractivity contribution < 1.29 is 4.74 Å². The van der Waals surface area contributed by atoms with Gasteiger partial charge in [-0.15, -0.1) is 0 Å². The molecule has 7 heavy (non-hydrogen) atoms. The first-order valence-electron chi connectivity index (χ1n) is 2.10. The number of methoxy groups -OCH3 is 1. The van der Waals surface area contributed by atoms with Crippen LogP contribution in [0.4, 0.5) is 0 Å². The van der Waals surface area contributed by atoms with Crippen LogP contribution in [0.15, 0.2) is 11.8 Å². The lowest BCUT2D eigenvalue weighted by Crippen LogP contribution is -1.84. The topological polar surface area (TPSA) is 9.23 Å². The quantitative estimate of drug-likeness (QED) is 0.448. The van der Waals surface area contributed by atoms with E-state index in [0.29, 0.717) is 0 Å². The molecule has 0 saturated heterocycles. The van der Waals surface area contributed by atoms with Crippen LogP contribution >= 0.6 is 15.9 Å². The van der Waals surface area contributed by atoms with Gasteiger partial charge in [-0.2, -0.15) is 0 Å². The van der Waals surface area contributed by atoms with E-state index in [0.717, 1.165) is 11.1 Å². The molecule has 0 saturated carbocycles. The van der Waals surface area contributed by atoms with Crippen LogP contribution in [0.2, 0.25) is 0 Å². The normalized spacial score (nSPS) is 11.6. The molecule has 1 nitrogen and oxygen atoms in total. The summed E-state index contributed by atoms with van der Waals surface area (Å²) in [6.45, 7) is 1.94. The van der Waals surface area contributed by atoms with E-state index in [4.69, 9.17) is 4.74 Å². The molecule has 0 aromatic rings. The molecule has 0 aromatic carbocycles. The second kappa shape index (κ2) is 4.19. The summed E-state index contributed by atoms with van der Waals surface area (Å²) in [5.74, 6) is 0.972. The summed E-state index contributed by atoms with van der Waals surface area (Å²) in [6, 6.07) is 0. The molecule has 0 N–H and O–H groups in total. The molecule has 0 aliphatic rings. The predicted molar refractivity (Wildman–Crippen MR) is 34.6 cm³/mol. The Labute approximate surface area is 52.5 Å². The van der Waals surface area contributed by atoms with E-state index < -0.39 is 0 Å². The zero-order valence-electron chi connectivity index (χ0n) is 4.57. The molecule has 0 radical (unpaired) electrons. The highest BCUT2D eigenvalue weighted by Gasteiger charge is 1.84. The zero-order valence-corrected chi connectivity index (χ0v) is 6.16. The van der Waals surface area contributed by atoms with Gasteiger partial charge in [0.2, 0.25) is 0 Å². The molecule has 2 heteroatoms. The molecule has 0 spiro atoms. The van der Waals surface area contributed by atoms with Crippen LogP contribution in [0.5, 0.6) is 0 Å². The summed E-state index contributed by atoms with van der Waals surface area (Å²) < 4.78 is 4.86. The molecule has 0 aliphatic carbocycles. The minimum Gasteiger partial charge on any atom is -0.501 e. The lowest BCUT2D eigenvalue weighted by molar-refractivity contribution is 0.295. The summed E-state index contributed by atoms with van der Waals surface area (Å²) in [6.07, 6.45) is 1.93. The van der Waals surface area contributed by atoms with Gasteiger partial charge < -0.3 is 4.74 Å². The van der Waals surface area contributed by atoms with Crippen molar-refractivity contribution in [1.29, 1.82) is 0 Å². The van der Waals surface area contributed by atoms with Crippen LogP contribution in [0.1, 0.15) is 6.92 Å². The van der Waals surface area contributed by atoms with Crippen molar-refractivity contribution in [2.24, 2.45) is 0 Å². The lowest BCUT2D eigenvalue weighted by atomic mass is 10.5. The van der Waals surface area contributed by atoms with E-state index in [9.17, 15) is 0 Å². The second-order valence-corrected chi connectivity index (χ2v) is 1.65. The Morgan fingerprint density at radius 1 is 1.86 bits per heavy atom. The van der Waals surface area contributed by atoms with Gasteiger partial charge in [-0.25, -0.2) is 0 Å². The van der Waals surface area contributed by atoms with E-state index in [-0.39, 0.29) is 0 Å². The highest BCUT2D eigenvalue weighted by molar-refractivity contribution is 9.09. The fraction of sp³-hybridized carbons (Fsp3) is 0.600. The van der Waals surface area contributed by atoms with Gasteiger partial charge in [0.1, 0.15) is 5.76 Å². The molecular formula is C5H9BrO. The number of halogens is 1. The molecule has 0 amide bonds. The van der Waals surface area contributed by atoms with Gasteiger partial charge in [0.25, 0.3) is 0 Å². The lowest BCUT2D eigenvalue weighted by Gasteiger charge is -1.96. The minimum absolute atomic E-state index is 0.806. The maximum absolute atomic E-state index is 4.86. The van der Waals surface area contributed by atoms with Crippen LogP contribution in [-0.4, -0.2) is 12.4 Å². The van der Waals surface area contributed by atoms with Gasteiger partial charge >= 0.3 is 0 Å². The van der Waals surface area contributed by atoms with Gasteiger partial charge in [-0.3, -0.25) is 0 Å². The SMILES string of the molecule is C/C=C(\CBr)OC. The first kappa shape index (κ1) is 7.02. The van der Waals surface area contributed by atoms with Gasteiger partial charge in [0, 0.05) is 0 Å². The standard InChI is InChI=1S/C5H9BrO/c1-3-5(4-6)7-2/h3H,4H2,1-2H3/b5-3+. The summed E-state index contributed by atoms with van der Waals surface area (Å²) >= 11 is 3.24. The predicted octanol–water partition coefficient (Wildman–Crippen LogP) is 1.93. The monoisotopic (exact) mass is 164 g/mol. The van der Waals surface area contributed by atoms with Crippen molar-refractivity contribution in [3.63, 3.8) is 0 Å². The van der Waals surface area contributed by atoms with E-state index in [2.05, 4.69) is 15.9 Å². The molecule has 0 atom stereocenters. The molecule has 0 rings (SSSR count). The Kier molecular flexibility index (Phi) is 4.20. The van der Waals surface area contributed by atoms with Gasteiger partial charge in [0.05, 0.1) is 12.4 Å². The number of allylic oxidation sites excluding steroid dienone is 2. The van der Waals surface area contributed by atoms with Gasteiger partial charge in [-0.05, 0) is 13.0 Å². The largest absolute Gasteiger partial charge is 0.501 e. The maximum atomic E-state index is 4.86. The smallest absolute Gasteiger partial charge is 0.102 e. The first-order valence-corrected chi connectivity index (χ1v) is 3.22.